The lowest BCUT2D eigenvalue weighted by Crippen LogP contribution is -2.27. The lowest BCUT2D eigenvalue weighted by molar-refractivity contribution is 0.0779. The van der Waals surface area contributed by atoms with Gasteiger partial charge in [-0.2, -0.15) is 5.10 Å². The highest BCUT2D eigenvalue weighted by Crippen LogP contribution is 2.11. The molecule has 0 aliphatic heterocycles. The summed E-state index contributed by atoms with van der Waals surface area (Å²) in [7, 11) is 3.42. The first-order valence-corrected chi connectivity index (χ1v) is 5.84. The lowest BCUT2D eigenvalue weighted by Gasteiger charge is -2.15. The summed E-state index contributed by atoms with van der Waals surface area (Å²) in [5.41, 5.74) is 1.42. The van der Waals surface area contributed by atoms with Gasteiger partial charge < -0.3 is 4.90 Å². The Bertz CT molecular complexity index is 639. The Labute approximate surface area is 109 Å². The van der Waals surface area contributed by atoms with Crippen molar-refractivity contribution >= 4 is 5.91 Å². The maximum atomic E-state index is 12.3. The number of hydrogen-bond donors (Lipinski definition) is 1. The predicted molar refractivity (Wildman–Crippen MR) is 65.5 cm³/mol. The highest BCUT2D eigenvalue weighted by atomic mass is 16.5. The molecule has 0 aliphatic carbocycles. The summed E-state index contributed by atoms with van der Waals surface area (Å²) in [6.07, 6.45) is 2.26. The summed E-state index contributed by atoms with van der Waals surface area (Å²) in [5, 5.41) is 7.60. The Kier molecular flexibility index (Phi) is 3.50. The molecule has 0 radical (unpaired) electrons. The van der Waals surface area contributed by atoms with Gasteiger partial charge in [0.2, 0.25) is 0 Å². The Morgan fingerprint density at radius 2 is 2.32 bits per heavy atom. The largest absolute Gasteiger partial charge is 0.438 e. The van der Waals surface area contributed by atoms with Gasteiger partial charge in [-0.15, -0.1) is 0 Å². The van der Waals surface area contributed by atoms with E-state index >= 15 is 0 Å². The van der Waals surface area contributed by atoms with Gasteiger partial charge in [-0.1, -0.05) is 12.1 Å². The van der Waals surface area contributed by atoms with Crippen molar-refractivity contribution in [3.63, 3.8) is 0 Å². The predicted octanol–water partition coefficient (Wildman–Crippen LogP) is -0.0690. The van der Waals surface area contributed by atoms with E-state index in [0.717, 1.165) is 5.69 Å². The van der Waals surface area contributed by atoms with Crippen LogP contribution in [-0.2, 0) is 20.0 Å². The normalized spacial score (nSPS) is 10.7. The molecule has 0 atom stereocenters. The molecule has 0 fully saturated rings. The highest BCUT2D eigenvalue weighted by Gasteiger charge is 2.19. The van der Waals surface area contributed by atoms with Gasteiger partial charge in [0.05, 0.1) is 24.0 Å². The zero-order valence-electron chi connectivity index (χ0n) is 11.0. The smallest absolute Gasteiger partial charge is 0.334 e. The van der Waals surface area contributed by atoms with E-state index in [4.69, 9.17) is 0 Å². The molecule has 0 aromatic carbocycles. The van der Waals surface area contributed by atoms with Crippen molar-refractivity contribution in [2.75, 3.05) is 7.05 Å². The molecule has 2 aromatic rings. The topological polar surface area (TPSA) is 97.0 Å². The van der Waals surface area contributed by atoms with Crippen molar-refractivity contribution in [3.05, 3.63) is 33.8 Å². The molecule has 0 unspecified atom stereocenters. The quantitative estimate of drug-likeness (QED) is 0.834. The van der Waals surface area contributed by atoms with Crippen LogP contribution in [0.25, 0.3) is 0 Å². The van der Waals surface area contributed by atoms with E-state index in [1.807, 2.05) is 6.92 Å². The van der Waals surface area contributed by atoms with E-state index in [1.54, 1.807) is 25.0 Å². The summed E-state index contributed by atoms with van der Waals surface area (Å²) in [4.78, 5) is 26.9. The van der Waals surface area contributed by atoms with E-state index in [-0.39, 0.29) is 12.5 Å². The number of carbonyl (C=O) groups excluding carboxylic acids is 1. The fourth-order valence-corrected chi connectivity index (χ4v) is 1.89. The molecule has 19 heavy (non-hydrogen) atoms. The van der Waals surface area contributed by atoms with Gasteiger partial charge in [0.15, 0.2) is 5.82 Å². The molecule has 2 aromatic heterocycles. The number of nitrogens with one attached hydrogen (secondary N) is 1. The maximum absolute atomic E-state index is 12.3. The molecule has 8 heteroatoms. The summed E-state index contributed by atoms with van der Waals surface area (Å²) in [6.45, 7) is 2.13. The van der Waals surface area contributed by atoms with Crippen molar-refractivity contribution in [2.24, 2.45) is 7.05 Å². The van der Waals surface area contributed by atoms with Crippen molar-refractivity contribution in [1.29, 1.82) is 0 Å². The first kappa shape index (κ1) is 13.1. The van der Waals surface area contributed by atoms with Crippen LogP contribution in [0.3, 0.4) is 0 Å². The van der Waals surface area contributed by atoms with Gasteiger partial charge in [0.25, 0.3) is 5.91 Å². The second-order valence-electron chi connectivity index (χ2n) is 4.19. The monoisotopic (exact) mass is 265 g/mol. The van der Waals surface area contributed by atoms with Crippen LogP contribution in [0.1, 0.15) is 28.8 Å². The SMILES string of the molecule is CCc1c(C(=O)N(C)Cc2noc(=O)[nH]2)cnn1C. The third-order valence-electron chi connectivity index (χ3n) is 2.85. The van der Waals surface area contributed by atoms with Crippen LogP contribution in [0.2, 0.25) is 0 Å². The van der Waals surface area contributed by atoms with Crippen LogP contribution >= 0.6 is 0 Å². The van der Waals surface area contributed by atoms with Crippen LogP contribution in [0, 0.1) is 0 Å². The first-order chi connectivity index (χ1) is 9.02. The maximum Gasteiger partial charge on any atom is 0.438 e. The number of carbonyl (C=O) groups is 1. The first-order valence-electron chi connectivity index (χ1n) is 5.84. The van der Waals surface area contributed by atoms with Gasteiger partial charge in [-0.05, 0) is 6.42 Å². The average molecular weight is 265 g/mol. The van der Waals surface area contributed by atoms with Crippen LogP contribution in [0.15, 0.2) is 15.5 Å². The minimum Gasteiger partial charge on any atom is -0.334 e. The highest BCUT2D eigenvalue weighted by molar-refractivity contribution is 5.94. The van der Waals surface area contributed by atoms with E-state index in [9.17, 15) is 9.59 Å². The Balaban J connectivity index is 2.16. The van der Waals surface area contributed by atoms with Gasteiger partial charge in [0.1, 0.15) is 0 Å². The van der Waals surface area contributed by atoms with Crippen molar-refractivity contribution < 1.29 is 9.32 Å². The van der Waals surface area contributed by atoms with Crippen molar-refractivity contribution in [3.8, 4) is 0 Å². The van der Waals surface area contributed by atoms with Gasteiger partial charge in [0, 0.05) is 14.1 Å². The zero-order chi connectivity index (χ0) is 14.0. The molecule has 0 aliphatic rings. The summed E-state index contributed by atoms with van der Waals surface area (Å²) < 4.78 is 6.06. The Hall–Kier alpha value is -2.38. The van der Waals surface area contributed by atoms with E-state index in [1.165, 1.54) is 4.90 Å². The van der Waals surface area contributed by atoms with Crippen LogP contribution in [0.5, 0.6) is 0 Å². The molecular weight excluding hydrogens is 250 g/mol. The molecular formula is C11H15N5O3. The molecule has 0 saturated carbocycles. The molecule has 8 nitrogen and oxygen atoms in total. The lowest BCUT2D eigenvalue weighted by atomic mass is 10.2. The number of aromatic amines is 1. The van der Waals surface area contributed by atoms with Gasteiger partial charge in [-0.3, -0.25) is 19.0 Å². The third-order valence-corrected chi connectivity index (χ3v) is 2.85. The second-order valence-corrected chi connectivity index (χ2v) is 4.19. The number of nitrogens with zero attached hydrogens (tertiary/aromatic N) is 4. The van der Waals surface area contributed by atoms with Crippen molar-refractivity contribution in [2.45, 2.75) is 19.9 Å². The zero-order valence-corrected chi connectivity index (χ0v) is 11.0. The standard InChI is InChI=1S/C11H15N5O3/c1-4-8-7(5-12-16(8)3)10(17)15(2)6-9-13-11(18)19-14-9/h5H,4,6H2,1-3H3,(H,13,14,18). The number of aromatic nitrogens is 4. The number of H-pyrrole nitrogens is 1. The molecule has 2 heterocycles. The fourth-order valence-electron chi connectivity index (χ4n) is 1.89. The molecule has 0 spiro atoms. The molecule has 102 valence electrons. The molecule has 0 bridgehead atoms. The van der Waals surface area contributed by atoms with Gasteiger partial charge >= 0.3 is 5.76 Å². The minimum absolute atomic E-state index is 0.169. The van der Waals surface area contributed by atoms with Crippen molar-refractivity contribution in [1.82, 2.24) is 24.8 Å². The third kappa shape index (κ3) is 2.56. The van der Waals surface area contributed by atoms with E-state index in [0.29, 0.717) is 17.8 Å². The number of rotatable bonds is 4. The van der Waals surface area contributed by atoms with E-state index in [2.05, 4.69) is 19.8 Å². The van der Waals surface area contributed by atoms with Crippen LogP contribution < -0.4 is 5.76 Å². The molecule has 1 amide bonds. The molecule has 0 saturated heterocycles. The summed E-state index contributed by atoms with van der Waals surface area (Å²) >= 11 is 0. The fraction of sp³-hybridized carbons (Fsp3) is 0.455. The summed E-state index contributed by atoms with van der Waals surface area (Å²) in [6, 6.07) is 0. The minimum atomic E-state index is -0.633. The number of hydrogen-bond acceptors (Lipinski definition) is 5. The molecule has 2 rings (SSSR count). The van der Waals surface area contributed by atoms with E-state index < -0.39 is 5.76 Å². The average Bonchev–Trinajstić information content (AvgIpc) is 2.94. The Morgan fingerprint density at radius 1 is 1.58 bits per heavy atom. The van der Waals surface area contributed by atoms with Crippen LogP contribution in [-0.4, -0.2) is 37.8 Å². The number of aryl methyl sites for hydroxylation is 1. The number of amides is 1. The summed E-state index contributed by atoms with van der Waals surface area (Å²) in [5.74, 6) is -0.497. The van der Waals surface area contributed by atoms with Gasteiger partial charge in [-0.25, -0.2) is 4.79 Å². The molecule has 1 N–H and O–H groups in total. The Morgan fingerprint density at radius 3 is 2.89 bits per heavy atom. The van der Waals surface area contributed by atoms with Crippen LogP contribution in [0.4, 0.5) is 0 Å². The second kappa shape index (κ2) is 5.09.